The van der Waals surface area contributed by atoms with Crippen LogP contribution >= 0.6 is 15.9 Å². The molecule has 1 aromatic carbocycles. The Kier molecular flexibility index (Phi) is 3.82. The van der Waals surface area contributed by atoms with E-state index in [0.29, 0.717) is 19.8 Å². The van der Waals surface area contributed by atoms with E-state index >= 15 is 0 Å². The Morgan fingerprint density at radius 1 is 1.41 bits per heavy atom. The number of fused-ring (bicyclic) bond motifs is 1. The van der Waals surface area contributed by atoms with Gasteiger partial charge in [0.05, 0.1) is 11.0 Å². The standard InChI is InChI=1S/C12H12BrNO3/c1-2-9-8(6-14-7-15)5-10(13)12-11(9)16-3-4-17-12/h5H,2-4,6H2,1H3. The fourth-order valence-corrected chi connectivity index (χ4v) is 2.49. The molecule has 0 N–H and O–H groups in total. The zero-order chi connectivity index (χ0) is 12.3. The predicted molar refractivity (Wildman–Crippen MR) is 66.3 cm³/mol. The van der Waals surface area contributed by atoms with E-state index in [0.717, 1.165) is 33.5 Å². The van der Waals surface area contributed by atoms with Gasteiger partial charge in [0.15, 0.2) is 11.5 Å². The first-order chi connectivity index (χ1) is 8.27. The molecule has 1 aromatic rings. The van der Waals surface area contributed by atoms with Crippen LogP contribution < -0.4 is 9.47 Å². The number of aliphatic imine (C=N–C) groups is 1. The Morgan fingerprint density at radius 3 is 2.76 bits per heavy atom. The fourth-order valence-electron chi connectivity index (χ4n) is 1.92. The molecule has 1 aliphatic rings. The molecule has 0 saturated heterocycles. The van der Waals surface area contributed by atoms with Crippen molar-refractivity contribution in [2.24, 2.45) is 4.99 Å². The molecule has 0 atom stereocenters. The predicted octanol–water partition coefficient (Wildman–Crippen LogP) is 2.62. The lowest BCUT2D eigenvalue weighted by atomic mass is 10.0. The number of hydrogen-bond acceptors (Lipinski definition) is 4. The van der Waals surface area contributed by atoms with Gasteiger partial charge in [-0.2, -0.15) is 0 Å². The molecule has 0 fully saturated rings. The molecule has 0 aliphatic carbocycles. The summed E-state index contributed by atoms with van der Waals surface area (Å²) in [6, 6.07) is 1.92. The molecule has 2 rings (SSSR count). The summed E-state index contributed by atoms with van der Waals surface area (Å²) in [7, 11) is 0. The van der Waals surface area contributed by atoms with Crippen molar-refractivity contribution in [2.45, 2.75) is 19.9 Å². The van der Waals surface area contributed by atoms with Crippen LogP contribution in [0.1, 0.15) is 18.1 Å². The minimum Gasteiger partial charge on any atom is -0.486 e. The number of hydrogen-bond donors (Lipinski definition) is 0. The van der Waals surface area contributed by atoms with Crippen molar-refractivity contribution in [1.29, 1.82) is 0 Å². The van der Waals surface area contributed by atoms with Crippen LogP contribution in [0.2, 0.25) is 0 Å². The molecule has 0 amide bonds. The summed E-state index contributed by atoms with van der Waals surface area (Å²) in [5.74, 6) is 1.51. The highest BCUT2D eigenvalue weighted by Crippen LogP contribution is 2.42. The van der Waals surface area contributed by atoms with Crippen LogP contribution in [0.15, 0.2) is 15.5 Å². The highest BCUT2D eigenvalue weighted by atomic mass is 79.9. The Balaban J connectivity index is 2.53. The van der Waals surface area contributed by atoms with Crippen molar-refractivity contribution >= 4 is 22.0 Å². The van der Waals surface area contributed by atoms with Gasteiger partial charge >= 0.3 is 0 Å². The quantitative estimate of drug-likeness (QED) is 0.636. The Labute approximate surface area is 108 Å². The van der Waals surface area contributed by atoms with Gasteiger partial charge in [0.1, 0.15) is 13.2 Å². The van der Waals surface area contributed by atoms with E-state index in [1.54, 1.807) is 6.08 Å². The highest BCUT2D eigenvalue weighted by molar-refractivity contribution is 9.10. The molecule has 1 aliphatic heterocycles. The van der Waals surface area contributed by atoms with E-state index < -0.39 is 0 Å². The molecular formula is C12H12BrNO3. The van der Waals surface area contributed by atoms with E-state index in [4.69, 9.17) is 9.47 Å². The van der Waals surface area contributed by atoms with Crippen molar-refractivity contribution in [3.05, 3.63) is 21.7 Å². The van der Waals surface area contributed by atoms with Gasteiger partial charge in [0.2, 0.25) is 6.08 Å². The van der Waals surface area contributed by atoms with Gasteiger partial charge in [-0.25, -0.2) is 9.79 Å². The fraction of sp³-hybridized carbons (Fsp3) is 0.417. The van der Waals surface area contributed by atoms with Gasteiger partial charge < -0.3 is 9.47 Å². The second-order valence-corrected chi connectivity index (χ2v) is 4.47. The minimum absolute atomic E-state index is 0.321. The summed E-state index contributed by atoms with van der Waals surface area (Å²) in [5, 5.41) is 0. The summed E-state index contributed by atoms with van der Waals surface area (Å²) < 4.78 is 12.1. The zero-order valence-corrected chi connectivity index (χ0v) is 11.0. The molecule has 0 unspecified atom stereocenters. The molecule has 1 heterocycles. The first-order valence-electron chi connectivity index (χ1n) is 5.41. The molecule has 4 nitrogen and oxygen atoms in total. The lowest BCUT2D eigenvalue weighted by Crippen LogP contribution is -2.17. The third kappa shape index (κ3) is 2.35. The summed E-state index contributed by atoms with van der Waals surface area (Å²) in [4.78, 5) is 13.8. The average molecular weight is 298 g/mol. The summed E-state index contributed by atoms with van der Waals surface area (Å²) >= 11 is 3.44. The molecule has 5 heteroatoms. The summed E-state index contributed by atoms with van der Waals surface area (Å²) in [5.41, 5.74) is 2.01. The van der Waals surface area contributed by atoms with Crippen LogP contribution in [0.3, 0.4) is 0 Å². The molecular weight excluding hydrogens is 286 g/mol. The second-order valence-electron chi connectivity index (χ2n) is 3.61. The molecule has 0 aromatic heterocycles. The maximum atomic E-state index is 10.2. The number of nitrogens with zero attached hydrogens (tertiary/aromatic N) is 1. The van der Waals surface area contributed by atoms with Gasteiger partial charge in [0.25, 0.3) is 0 Å². The largest absolute Gasteiger partial charge is 0.486 e. The molecule has 0 saturated carbocycles. The van der Waals surface area contributed by atoms with Crippen molar-refractivity contribution in [3.63, 3.8) is 0 Å². The zero-order valence-electron chi connectivity index (χ0n) is 9.46. The van der Waals surface area contributed by atoms with Gasteiger partial charge in [-0.1, -0.05) is 6.92 Å². The molecule has 0 radical (unpaired) electrons. The number of benzene rings is 1. The number of halogens is 1. The van der Waals surface area contributed by atoms with Crippen LogP contribution in [-0.4, -0.2) is 19.3 Å². The maximum Gasteiger partial charge on any atom is 0.235 e. The van der Waals surface area contributed by atoms with Crippen molar-refractivity contribution in [3.8, 4) is 11.5 Å². The van der Waals surface area contributed by atoms with Gasteiger partial charge in [-0.05, 0) is 34.0 Å². The number of carbonyl (C=O) groups excluding carboxylic acids is 1. The molecule has 0 bridgehead atoms. The Hall–Kier alpha value is -1.32. The minimum atomic E-state index is 0.321. The van der Waals surface area contributed by atoms with Crippen LogP contribution in [-0.2, 0) is 17.8 Å². The molecule has 17 heavy (non-hydrogen) atoms. The van der Waals surface area contributed by atoms with Crippen molar-refractivity contribution in [2.75, 3.05) is 13.2 Å². The average Bonchev–Trinajstić information content (AvgIpc) is 2.36. The van der Waals surface area contributed by atoms with E-state index in [9.17, 15) is 4.79 Å². The van der Waals surface area contributed by atoms with Gasteiger partial charge in [-0.15, -0.1) is 0 Å². The van der Waals surface area contributed by atoms with Gasteiger partial charge in [-0.3, -0.25) is 0 Å². The first kappa shape index (κ1) is 12.1. The summed E-state index contributed by atoms with van der Waals surface area (Å²) in [6.45, 7) is 3.46. The Morgan fingerprint density at radius 2 is 2.12 bits per heavy atom. The monoisotopic (exact) mass is 297 g/mol. The normalized spacial score (nSPS) is 13.1. The molecule has 90 valence electrons. The molecule has 0 spiro atoms. The lowest BCUT2D eigenvalue weighted by Gasteiger charge is -2.23. The third-order valence-electron chi connectivity index (χ3n) is 2.63. The summed E-state index contributed by atoms with van der Waals surface area (Å²) in [6.07, 6.45) is 2.36. The maximum absolute atomic E-state index is 10.2. The van der Waals surface area contributed by atoms with Crippen molar-refractivity contribution in [1.82, 2.24) is 0 Å². The van der Waals surface area contributed by atoms with Crippen LogP contribution in [0.25, 0.3) is 0 Å². The second kappa shape index (κ2) is 5.34. The lowest BCUT2D eigenvalue weighted by molar-refractivity contribution is 0.168. The van der Waals surface area contributed by atoms with Gasteiger partial charge in [0, 0.05) is 5.56 Å². The number of rotatable bonds is 3. The first-order valence-corrected chi connectivity index (χ1v) is 6.20. The number of isocyanates is 1. The van der Waals surface area contributed by atoms with E-state index in [-0.39, 0.29) is 0 Å². The van der Waals surface area contributed by atoms with Crippen LogP contribution in [0, 0.1) is 0 Å². The highest BCUT2D eigenvalue weighted by Gasteiger charge is 2.21. The van der Waals surface area contributed by atoms with Crippen LogP contribution in [0.5, 0.6) is 11.5 Å². The van der Waals surface area contributed by atoms with E-state index in [1.807, 2.05) is 13.0 Å². The Bertz CT molecular complexity index is 481. The van der Waals surface area contributed by atoms with E-state index in [2.05, 4.69) is 20.9 Å². The van der Waals surface area contributed by atoms with E-state index in [1.165, 1.54) is 0 Å². The van der Waals surface area contributed by atoms with Crippen molar-refractivity contribution < 1.29 is 14.3 Å². The topological polar surface area (TPSA) is 47.9 Å². The SMILES string of the molecule is CCc1c(CN=C=O)cc(Br)c2c1OCCO2. The smallest absolute Gasteiger partial charge is 0.235 e. The number of ether oxygens (including phenoxy) is 2. The third-order valence-corrected chi connectivity index (χ3v) is 3.22. The van der Waals surface area contributed by atoms with Crippen LogP contribution in [0.4, 0.5) is 0 Å².